The van der Waals surface area contributed by atoms with E-state index < -0.39 is 6.09 Å². The van der Waals surface area contributed by atoms with Crippen molar-refractivity contribution in [1.82, 2.24) is 24.8 Å². The molecule has 0 bridgehead atoms. The Labute approximate surface area is 227 Å². The van der Waals surface area contributed by atoms with Gasteiger partial charge < -0.3 is 15.0 Å². The number of anilines is 1. The first-order valence-corrected chi connectivity index (χ1v) is 14.2. The summed E-state index contributed by atoms with van der Waals surface area (Å²) in [7, 11) is 0. The summed E-state index contributed by atoms with van der Waals surface area (Å²) in [6, 6.07) is 6.89. The molecule has 1 amide bonds. The third-order valence-electron chi connectivity index (χ3n) is 9.02. The number of halogens is 1. The molecule has 10 heteroatoms. The highest BCUT2D eigenvalue weighted by Crippen LogP contribution is 2.54. The van der Waals surface area contributed by atoms with Crippen molar-refractivity contribution in [3.63, 3.8) is 0 Å². The number of benzene rings is 1. The van der Waals surface area contributed by atoms with Crippen LogP contribution in [0.25, 0.3) is 11.2 Å². The minimum atomic E-state index is -1.34. The molecule has 0 saturated heterocycles. The molecule has 2 heterocycles. The third kappa shape index (κ3) is 4.96. The van der Waals surface area contributed by atoms with Crippen molar-refractivity contribution in [3.8, 4) is 0 Å². The molecule has 6 rings (SSSR count). The van der Waals surface area contributed by atoms with Crippen LogP contribution < -0.4 is 10.6 Å². The number of nitrogens with zero attached hydrogens (tertiary/aromatic N) is 4. The van der Waals surface area contributed by atoms with Gasteiger partial charge in [-0.05, 0) is 75.0 Å². The van der Waals surface area contributed by atoms with Crippen molar-refractivity contribution in [1.29, 1.82) is 5.41 Å². The van der Waals surface area contributed by atoms with Crippen molar-refractivity contribution in [3.05, 3.63) is 47.3 Å². The van der Waals surface area contributed by atoms with Crippen LogP contribution in [0.15, 0.2) is 24.3 Å². The van der Waals surface area contributed by atoms with E-state index in [4.69, 9.17) is 15.4 Å². The molecule has 0 aliphatic heterocycles. The van der Waals surface area contributed by atoms with E-state index in [1.54, 1.807) is 0 Å². The molecule has 3 aliphatic carbocycles. The van der Waals surface area contributed by atoms with E-state index in [0.29, 0.717) is 23.3 Å². The Morgan fingerprint density at radius 2 is 1.82 bits per heavy atom. The highest BCUT2D eigenvalue weighted by molar-refractivity contribution is 6.03. The zero-order valence-electron chi connectivity index (χ0n) is 22.3. The Morgan fingerprint density at radius 3 is 2.44 bits per heavy atom. The van der Waals surface area contributed by atoms with E-state index >= 15 is 0 Å². The number of nitrogens with one attached hydrogen (secondary N) is 3. The standard InChI is InChI=1S/C29H36FN7O2/c1-17(19-8-5-9-19)32-24-22-25(35-26(34-24)23(31)33-28(38)39)36-27(37(22)16-18-6-3-2-4-7-18)29(14-15-29)20-10-12-21(30)13-11-20/h10-13,17-19H,2-9,14-16H2,1H3,(H2,31,33)(H,38,39)(H,32,34,35)/t17-/m1/s1. The molecule has 3 saturated carbocycles. The summed E-state index contributed by atoms with van der Waals surface area (Å²) in [6.07, 6.45) is 10.1. The number of imidazole rings is 1. The van der Waals surface area contributed by atoms with Crippen molar-refractivity contribution < 1.29 is 14.3 Å². The van der Waals surface area contributed by atoms with Crippen LogP contribution in [-0.2, 0) is 12.0 Å². The Balaban J connectivity index is 1.51. The maximum Gasteiger partial charge on any atom is 0.410 e. The number of aromatic nitrogens is 4. The predicted octanol–water partition coefficient (Wildman–Crippen LogP) is 5.82. The van der Waals surface area contributed by atoms with E-state index in [0.717, 1.165) is 62.0 Å². The van der Waals surface area contributed by atoms with Gasteiger partial charge in [0, 0.05) is 12.6 Å². The third-order valence-corrected chi connectivity index (χ3v) is 9.02. The molecule has 1 aromatic carbocycles. The number of carboxylic acid groups (broad SMARTS) is 1. The lowest BCUT2D eigenvalue weighted by Gasteiger charge is -2.32. The number of amidine groups is 1. The molecule has 4 N–H and O–H groups in total. The van der Waals surface area contributed by atoms with Crippen molar-refractivity contribution in [2.45, 2.75) is 89.1 Å². The molecule has 206 valence electrons. The topological polar surface area (TPSA) is 129 Å². The van der Waals surface area contributed by atoms with Gasteiger partial charge in [0.1, 0.15) is 17.2 Å². The average molecular weight is 534 g/mol. The van der Waals surface area contributed by atoms with Gasteiger partial charge in [0.15, 0.2) is 23.1 Å². The van der Waals surface area contributed by atoms with Crippen LogP contribution in [0, 0.1) is 23.1 Å². The smallest absolute Gasteiger partial charge is 0.410 e. The fraction of sp³-hybridized carbons (Fsp3) is 0.552. The molecule has 1 atom stereocenters. The summed E-state index contributed by atoms with van der Waals surface area (Å²) in [5.41, 5.74) is 1.98. The van der Waals surface area contributed by atoms with Gasteiger partial charge in [0.2, 0.25) is 0 Å². The molecular formula is C29H36FN7O2. The Hall–Kier alpha value is -3.56. The number of amides is 1. The summed E-state index contributed by atoms with van der Waals surface area (Å²) in [4.78, 5) is 25.7. The predicted molar refractivity (Wildman–Crippen MR) is 147 cm³/mol. The molecule has 0 spiro atoms. The molecule has 3 aliphatic rings. The minimum absolute atomic E-state index is 0.00583. The second kappa shape index (κ2) is 10.2. The highest BCUT2D eigenvalue weighted by atomic mass is 19.1. The van der Waals surface area contributed by atoms with E-state index in [1.165, 1.54) is 37.8 Å². The number of rotatable bonds is 8. The van der Waals surface area contributed by atoms with Crippen LogP contribution in [0.3, 0.4) is 0 Å². The highest BCUT2D eigenvalue weighted by Gasteiger charge is 2.50. The second-order valence-electron chi connectivity index (χ2n) is 11.6. The van der Waals surface area contributed by atoms with Crippen LogP contribution >= 0.6 is 0 Å². The van der Waals surface area contributed by atoms with E-state index in [2.05, 4.69) is 27.1 Å². The fourth-order valence-electron chi connectivity index (χ4n) is 6.39. The fourth-order valence-corrected chi connectivity index (χ4v) is 6.39. The molecule has 0 unspecified atom stereocenters. The van der Waals surface area contributed by atoms with Gasteiger partial charge in [-0.25, -0.2) is 24.1 Å². The zero-order valence-corrected chi connectivity index (χ0v) is 22.3. The quantitative estimate of drug-likeness (QED) is 0.213. The van der Waals surface area contributed by atoms with E-state index in [-0.39, 0.29) is 28.9 Å². The molecule has 9 nitrogen and oxygen atoms in total. The van der Waals surface area contributed by atoms with Gasteiger partial charge in [0.05, 0.1) is 5.41 Å². The maximum absolute atomic E-state index is 13.8. The van der Waals surface area contributed by atoms with Crippen molar-refractivity contribution >= 4 is 28.9 Å². The van der Waals surface area contributed by atoms with E-state index in [1.807, 2.05) is 12.1 Å². The number of carbonyl (C=O) groups is 1. The Morgan fingerprint density at radius 1 is 1.10 bits per heavy atom. The van der Waals surface area contributed by atoms with Crippen LogP contribution in [0.1, 0.15) is 88.3 Å². The van der Waals surface area contributed by atoms with Gasteiger partial charge in [-0.3, -0.25) is 10.7 Å². The first-order chi connectivity index (χ1) is 18.8. The number of fused-ring (bicyclic) bond motifs is 1. The Bertz CT molecular complexity index is 1390. The zero-order chi connectivity index (χ0) is 27.1. The van der Waals surface area contributed by atoms with Gasteiger partial charge >= 0.3 is 6.09 Å². The lowest BCUT2D eigenvalue weighted by atomic mass is 9.80. The lowest BCUT2D eigenvalue weighted by Crippen LogP contribution is -2.33. The van der Waals surface area contributed by atoms with Gasteiger partial charge in [-0.2, -0.15) is 0 Å². The summed E-state index contributed by atoms with van der Waals surface area (Å²) in [6.45, 7) is 2.96. The number of hydrogen-bond acceptors (Lipinski definition) is 6. The van der Waals surface area contributed by atoms with Crippen molar-refractivity contribution in [2.75, 3.05) is 5.32 Å². The average Bonchev–Trinajstić information content (AvgIpc) is 3.59. The Kier molecular flexibility index (Phi) is 6.72. The SMILES string of the molecule is C[C@@H](Nc1nc(C(=N)NC(=O)O)nc2nc(C3(c4ccc(F)cc4)CC3)n(CC3CCCCC3)c12)C1CCC1. The minimum Gasteiger partial charge on any atom is -0.465 e. The van der Waals surface area contributed by atoms with Crippen LogP contribution in [-0.4, -0.2) is 42.6 Å². The summed E-state index contributed by atoms with van der Waals surface area (Å²) >= 11 is 0. The largest absolute Gasteiger partial charge is 0.465 e. The molecule has 2 aromatic heterocycles. The first kappa shape index (κ1) is 25.7. The molecular weight excluding hydrogens is 497 g/mol. The number of hydrogen-bond donors (Lipinski definition) is 4. The van der Waals surface area contributed by atoms with Gasteiger partial charge in [0.25, 0.3) is 0 Å². The van der Waals surface area contributed by atoms with Gasteiger partial charge in [-0.15, -0.1) is 0 Å². The van der Waals surface area contributed by atoms with Crippen molar-refractivity contribution in [2.24, 2.45) is 11.8 Å². The molecule has 0 radical (unpaired) electrons. The normalized spacial score (nSPS) is 19.8. The molecule has 3 aromatic rings. The lowest BCUT2D eigenvalue weighted by molar-refractivity contribution is 0.200. The summed E-state index contributed by atoms with van der Waals surface area (Å²) < 4.78 is 16.1. The first-order valence-electron chi connectivity index (χ1n) is 14.2. The maximum atomic E-state index is 13.8. The molecule has 3 fully saturated rings. The monoisotopic (exact) mass is 533 g/mol. The van der Waals surface area contributed by atoms with E-state index in [9.17, 15) is 14.3 Å². The van der Waals surface area contributed by atoms with Crippen LogP contribution in [0.4, 0.5) is 15.0 Å². The second-order valence-corrected chi connectivity index (χ2v) is 11.6. The van der Waals surface area contributed by atoms with Crippen LogP contribution in [0.5, 0.6) is 0 Å². The van der Waals surface area contributed by atoms with Crippen LogP contribution in [0.2, 0.25) is 0 Å². The molecule has 39 heavy (non-hydrogen) atoms. The van der Waals surface area contributed by atoms with Gasteiger partial charge in [-0.1, -0.05) is 37.8 Å². The summed E-state index contributed by atoms with van der Waals surface area (Å²) in [5.74, 6) is 1.90. The summed E-state index contributed by atoms with van der Waals surface area (Å²) in [5, 5.41) is 23.2.